The van der Waals surface area contributed by atoms with E-state index >= 15 is 0 Å². The van der Waals surface area contributed by atoms with Crippen molar-refractivity contribution in [2.45, 2.75) is 6.61 Å². The summed E-state index contributed by atoms with van der Waals surface area (Å²) < 4.78 is 16.7. The van der Waals surface area contributed by atoms with E-state index in [0.717, 1.165) is 11.1 Å². The number of benzene rings is 2. The summed E-state index contributed by atoms with van der Waals surface area (Å²) in [6.45, 7) is 0.406. The summed E-state index contributed by atoms with van der Waals surface area (Å²) in [6, 6.07) is 13.4. The van der Waals surface area contributed by atoms with Crippen molar-refractivity contribution < 1.29 is 19.3 Å². The van der Waals surface area contributed by atoms with Crippen LogP contribution >= 0.6 is 0 Å². The normalized spacial score (nSPS) is 10.4. The van der Waals surface area contributed by atoms with Crippen molar-refractivity contribution in [2.24, 2.45) is 16.6 Å². The van der Waals surface area contributed by atoms with Crippen molar-refractivity contribution in [3.63, 3.8) is 0 Å². The summed E-state index contributed by atoms with van der Waals surface area (Å²) in [5, 5.41) is 6.33. The average Bonchev–Trinajstić information content (AvgIpc) is 2.60. The van der Waals surface area contributed by atoms with Crippen molar-refractivity contribution in [1.29, 1.82) is 0 Å². The Morgan fingerprint density at radius 2 is 1.71 bits per heavy atom. The zero-order valence-electron chi connectivity index (χ0n) is 13.7. The number of rotatable bonds is 7. The van der Waals surface area contributed by atoms with Crippen molar-refractivity contribution in [3.05, 3.63) is 53.6 Å². The van der Waals surface area contributed by atoms with Crippen LogP contribution in [0.1, 0.15) is 11.1 Å². The molecule has 0 heterocycles. The minimum atomic E-state index is -0.0620. The molecule has 7 nitrogen and oxygen atoms in total. The van der Waals surface area contributed by atoms with Crippen molar-refractivity contribution in [3.8, 4) is 17.2 Å². The SMILES string of the molecule is COc1cc(/C=[NH+]/N=C(N)N)cc(OC)c1OCc1ccccc1. The van der Waals surface area contributed by atoms with Gasteiger partial charge in [-0.25, -0.2) is 0 Å². The van der Waals surface area contributed by atoms with E-state index in [4.69, 9.17) is 25.7 Å². The first kappa shape index (κ1) is 17.1. The Kier molecular flexibility index (Phi) is 6.01. The lowest BCUT2D eigenvalue weighted by molar-refractivity contribution is -0.456. The molecular formula is C17H21N4O3+. The average molecular weight is 329 g/mol. The molecule has 2 aromatic rings. The third kappa shape index (κ3) is 4.64. The Balaban J connectivity index is 2.26. The van der Waals surface area contributed by atoms with Crippen LogP contribution in [0.25, 0.3) is 0 Å². The van der Waals surface area contributed by atoms with Gasteiger partial charge in [0.2, 0.25) is 12.0 Å². The highest BCUT2D eigenvalue weighted by atomic mass is 16.5. The van der Waals surface area contributed by atoms with E-state index in [-0.39, 0.29) is 5.96 Å². The Hall–Kier alpha value is -3.22. The molecular weight excluding hydrogens is 308 g/mol. The quantitative estimate of drug-likeness (QED) is 0.376. The van der Waals surface area contributed by atoms with Crippen molar-refractivity contribution in [1.82, 2.24) is 0 Å². The van der Waals surface area contributed by atoms with Crippen LogP contribution in [0.3, 0.4) is 0 Å². The second-order valence-corrected chi connectivity index (χ2v) is 4.84. The molecule has 126 valence electrons. The van der Waals surface area contributed by atoms with E-state index in [9.17, 15) is 0 Å². The molecule has 5 N–H and O–H groups in total. The van der Waals surface area contributed by atoms with Gasteiger partial charge in [0.1, 0.15) is 6.61 Å². The fourth-order valence-electron chi connectivity index (χ4n) is 2.04. The van der Waals surface area contributed by atoms with Crippen LogP contribution in [-0.2, 0) is 6.61 Å². The largest absolute Gasteiger partial charge is 0.493 e. The molecule has 0 aromatic heterocycles. The third-order valence-electron chi connectivity index (χ3n) is 3.13. The number of ether oxygens (including phenoxy) is 3. The van der Waals surface area contributed by atoms with E-state index in [1.54, 1.807) is 32.6 Å². The number of nitrogens with one attached hydrogen (secondary N) is 1. The van der Waals surface area contributed by atoms with Crippen LogP contribution in [0.5, 0.6) is 17.2 Å². The van der Waals surface area contributed by atoms with Crippen molar-refractivity contribution >= 4 is 12.2 Å². The second kappa shape index (κ2) is 8.42. The zero-order valence-corrected chi connectivity index (χ0v) is 13.7. The molecule has 0 aliphatic rings. The lowest BCUT2D eigenvalue weighted by atomic mass is 10.2. The Bertz CT molecular complexity index is 701. The van der Waals surface area contributed by atoms with E-state index in [1.807, 2.05) is 30.3 Å². The standard InChI is InChI=1S/C17H20N4O3/c1-22-14-8-13(10-20-21-17(18)19)9-15(23-2)16(14)24-11-12-6-4-3-5-7-12/h3-10H,11H2,1-2H3,(H4,18,19,21)/p+1/b20-10+. The molecule has 2 aromatic carbocycles. The molecule has 0 aliphatic heterocycles. The number of hydrogen-bond donors (Lipinski definition) is 3. The predicted molar refractivity (Wildman–Crippen MR) is 92.3 cm³/mol. The monoisotopic (exact) mass is 329 g/mol. The topological polar surface area (TPSA) is 106 Å². The van der Waals surface area contributed by atoms with Gasteiger partial charge in [-0.3, -0.25) is 0 Å². The van der Waals surface area contributed by atoms with E-state index in [1.165, 1.54) is 0 Å². The van der Waals surface area contributed by atoms with Crippen LogP contribution in [0.4, 0.5) is 0 Å². The Morgan fingerprint density at radius 3 is 2.25 bits per heavy atom. The molecule has 2 rings (SSSR count). The Labute approximate surface area is 140 Å². The predicted octanol–water partition coefficient (Wildman–Crippen LogP) is -0.0293. The van der Waals surface area contributed by atoms with E-state index in [0.29, 0.717) is 23.9 Å². The molecule has 24 heavy (non-hydrogen) atoms. The molecule has 0 bridgehead atoms. The third-order valence-corrected chi connectivity index (χ3v) is 3.13. The van der Waals surface area contributed by atoms with E-state index < -0.39 is 0 Å². The lowest BCUT2D eigenvalue weighted by Gasteiger charge is -2.14. The summed E-state index contributed by atoms with van der Waals surface area (Å²) in [4.78, 5) is 0. The number of guanidine groups is 1. The maximum Gasteiger partial charge on any atom is 0.256 e. The summed E-state index contributed by atoms with van der Waals surface area (Å²) in [5.41, 5.74) is 12.3. The minimum absolute atomic E-state index is 0.0620. The maximum atomic E-state index is 5.88. The highest BCUT2D eigenvalue weighted by Crippen LogP contribution is 2.38. The molecule has 0 atom stereocenters. The first-order valence-corrected chi connectivity index (χ1v) is 7.24. The van der Waals surface area contributed by atoms with Crippen LogP contribution < -0.4 is 30.8 Å². The van der Waals surface area contributed by atoms with Gasteiger partial charge >= 0.3 is 0 Å². The highest BCUT2D eigenvalue weighted by molar-refractivity contribution is 5.79. The number of nitrogens with zero attached hydrogens (tertiary/aromatic N) is 1. The second-order valence-electron chi connectivity index (χ2n) is 4.84. The molecule has 0 amide bonds. The summed E-state index contributed by atoms with van der Waals surface area (Å²) in [7, 11) is 3.13. The van der Waals surface area contributed by atoms with Gasteiger partial charge < -0.3 is 25.7 Å². The molecule has 0 aliphatic carbocycles. The zero-order chi connectivity index (χ0) is 17.4. The van der Waals surface area contributed by atoms with Gasteiger partial charge in [-0.1, -0.05) is 30.3 Å². The lowest BCUT2D eigenvalue weighted by Crippen LogP contribution is -2.63. The van der Waals surface area contributed by atoms with Gasteiger partial charge in [-0.2, -0.15) is 0 Å². The van der Waals surface area contributed by atoms with Gasteiger partial charge in [-0.05, 0) is 17.7 Å². The van der Waals surface area contributed by atoms with E-state index in [2.05, 4.69) is 10.2 Å². The van der Waals surface area contributed by atoms with Gasteiger partial charge in [0.05, 0.1) is 14.2 Å². The highest BCUT2D eigenvalue weighted by Gasteiger charge is 2.15. The smallest absolute Gasteiger partial charge is 0.256 e. The van der Waals surface area contributed by atoms with Crippen LogP contribution in [0.2, 0.25) is 0 Å². The number of methoxy groups -OCH3 is 2. The maximum absolute atomic E-state index is 5.88. The van der Waals surface area contributed by atoms with Crippen LogP contribution in [0.15, 0.2) is 47.6 Å². The molecule has 0 saturated heterocycles. The van der Waals surface area contributed by atoms with Gasteiger partial charge in [0.25, 0.3) is 5.96 Å². The van der Waals surface area contributed by atoms with Gasteiger partial charge in [0, 0.05) is 10.7 Å². The first-order valence-electron chi connectivity index (χ1n) is 7.24. The Morgan fingerprint density at radius 1 is 1.08 bits per heavy atom. The first-order chi connectivity index (χ1) is 11.6. The van der Waals surface area contributed by atoms with Gasteiger partial charge in [0.15, 0.2) is 11.5 Å². The molecule has 7 heteroatoms. The fourth-order valence-corrected chi connectivity index (χ4v) is 2.04. The molecule has 0 saturated carbocycles. The van der Waals surface area contributed by atoms with Crippen molar-refractivity contribution in [2.75, 3.05) is 14.2 Å². The number of hydrazone groups is 1. The summed E-state index contributed by atoms with van der Waals surface area (Å²) in [5.74, 6) is 1.56. The summed E-state index contributed by atoms with van der Waals surface area (Å²) >= 11 is 0. The van der Waals surface area contributed by atoms with Gasteiger partial charge in [-0.15, -0.1) is 5.10 Å². The molecule has 0 fully saturated rings. The molecule has 0 radical (unpaired) electrons. The molecule has 0 spiro atoms. The van der Waals surface area contributed by atoms with Crippen LogP contribution in [-0.4, -0.2) is 26.4 Å². The van der Waals surface area contributed by atoms with Crippen LogP contribution in [0, 0.1) is 0 Å². The minimum Gasteiger partial charge on any atom is -0.493 e. The number of nitrogens with two attached hydrogens (primary N) is 2. The number of hydrogen-bond acceptors (Lipinski definition) is 4. The summed E-state index contributed by atoms with van der Waals surface area (Å²) in [6.07, 6.45) is 1.62. The fraction of sp³-hybridized carbons (Fsp3) is 0.176. The molecule has 0 unspecified atom stereocenters.